The molecule has 0 aliphatic carbocycles. The van der Waals surface area contributed by atoms with E-state index in [1.54, 1.807) is 45.9 Å². The number of rotatable bonds is 2. The number of hydrogen-bond donors (Lipinski definition) is 2. The second-order valence-electron chi connectivity index (χ2n) is 6.24. The average molecular weight is 347 g/mol. The van der Waals surface area contributed by atoms with Crippen molar-refractivity contribution in [3.8, 4) is 0 Å². The molecule has 130 valence electrons. The third kappa shape index (κ3) is 2.61. The number of hydrogen-bond acceptors (Lipinski definition) is 3. The van der Waals surface area contributed by atoms with Crippen LogP contribution in [0.2, 0.25) is 0 Å². The maximum absolute atomic E-state index is 13.1. The monoisotopic (exact) mass is 347 g/mol. The first-order valence-electron chi connectivity index (χ1n) is 8.21. The third-order valence-electron chi connectivity index (χ3n) is 4.62. The average Bonchev–Trinajstić information content (AvgIpc) is 2.95. The first-order valence-corrected chi connectivity index (χ1v) is 8.21. The predicted molar refractivity (Wildman–Crippen MR) is 98.3 cm³/mol. The van der Waals surface area contributed by atoms with Crippen molar-refractivity contribution in [2.45, 2.75) is 13.1 Å². The molecule has 1 aliphatic rings. The zero-order chi connectivity index (χ0) is 18.3. The van der Waals surface area contributed by atoms with Crippen molar-refractivity contribution >= 4 is 23.3 Å². The Morgan fingerprint density at radius 2 is 1.65 bits per heavy atom. The second-order valence-corrected chi connectivity index (χ2v) is 6.24. The summed E-state index contributed by atoms with van der Waals surface area (Å²) in [6, 6.07) is 17.7. The van der Waals surface area contributed by atoms with E-state index in [1.807, 2.05) is 24.3 Å². The van der Waals surface area contributed by atoms with Crippen LogP contribution in [0, 0.1) is 0 Å². The van der Waals surface area contributed by atoms with Gasteiger partial charge in [-0.3, -0.25) is 4.79 Å². The molecule has 1 amide bonds. The summed E-state index contributed by atoms with van der Waals surface area (Å²) in [7, 11) is 0. The van der Waals surface area contributed by atoms with Gasteiger partial charge < -0.3 is 20.3 Å². The minimum atomic E-state index is -0.980. The van der Waals surface area contributed by atoms with Crippen LogP contribution in [-0.4, -0.2) is 21.6 Å². The van der Waals surface area contributed by atoms with Crippen LogP contribution in [0.5, 0.6) is 0 Å². The SMILES string of the molecule is Nc1ccc(C(=O)N2Cc3ccc(C(=O)O)n3Cc3ccccc32)cc1. The Hall–Kier alpha value is -3.54. The maximum Gasteiger partial charge on any atom is 0.352 e. The van der Waals surface area contributed by atoms with Crippen molar-refractivity contribution in [3.63, 3.8) is 0 Å². The van der Waals surface area contributed by atoms with Gasteiger partial charge in [0.05, 0.1) is 13.1 Å². The minimum absolute atomic E-state index is 0.149. The molecule has 0 radical (unpaired) electrons. The maximum atomic E-state index is 13.1. The number of carboxylic acid groups (broad SMARTS) is 1. The Kier molecular flexibility index (Phi) is 3.73. The smallest absolute Gasteiger partial charge is 0.352 e. The first-order chi connectivity index (χ1) is 12.5. The molecule has 0 atom stereocenters. The van der Waals surface area contributed by atoms with Crippen molar-refractivity contribution in [1.82, 2.24) is 4.57 Å². The van der Waals surface area contributed by atoms with Gasteiger partial charge in [0.25, 0.3) is 5.91 Å². The lowest BCUT2D eigenvalue weighted by molar-refractivity contribution is 0.0685. The lowest BCUT2D eigenvalue weighted by Gasteiger charge is -2.22. The quantitative estimate of drug-likeness (QED) is 0.698. The summed E-state index contributed by atoms with van der Waals surface area (Å²) in [6.45, 7) is 0.708. The van der Waals surface area contributed by atoms with Gasteiger partial charge in [-0.15, -0.1) is 0 Å². The molecule has 26 heavy (non-hydrogen) atoms. The predicted octanol–water partition coefficient (Wildman–Crippen LogP) is 2.98. The van der Waals surface area contributed by atoms with Crippen molar-refractivity contribution in [3.05, 3.63) is 83.2 Å². The molecule has 0 fully saturated rings. The molecule has 6 heteroatoms. The zero-order valence-corrected chi connectivity index (χ0v) is 13.9. The number of benzene rings is 2. The number of carbonyl (C=O) groups excluding carboxylic acids is 1. The van der Waals surface area contributed by atoms with Crippen LogP contribution in [0.25, 0.3) is 0 Å². The highest BCUT2D eigenvalue weighted by molar-refractivity contribution is 6.06. The molecule has 3 N–H and O–H groups in total. The van der Waals surface area contributed by atoms with Gasteiger partial charge in [-0.05, 0) is 48.0 Å². The molecule has 0 spiro atoms. The van der Waals surface area contributed by atoms with Gasteiger partial charge in [0, 0.05) is 22.6 Å². The van der Waals surface area contributed by atoms with Gasteiger partial charge in [-0.1, -0.05) is 18.2 Å². The van der Waals surface area contributed by atoms with Crippen LogP contribution in [0.1, 0.15) is 32.1 Å². The molecular weight excluding hydrogens is 330 g/mol. The molecule has 2 heterocycles. The molecule has 3 aromatic rings. The summed E-state index contributed by atoms with van der Waals surface area (Å²) in [5, 5.41) is 9.44. The van der Waals surface area contributed by atoms with Crippen molar-refractivity contribution in [2.75, 3.05) is 10.6 Å². The number of aromatic carboxylic acids is 1. The second kappa shape index (κ2) is 6.07. The highest BCUT2D eigenvalue weighted by Gasteiger charge is 2.27. The number of anilines is 2. The summed E-state index contributed by atoms with van der Waals surface area (Å²) in [5.74, 6) is -1.13. The van der Waals surface area contributed by atoms with Gasteiger partial charge >= 0.3 is 5.97 Å². The summed E-state index contributed by atoms with van der Waals surface area (Å²) in [4.78, 5) is 26.3. The van der Waals surface area contributed by atoms with E-state index < -0.39 is 5.97 Å². The highest BCUT2D eigenvalue weighted by atomic mass is 16.4. The molecule has 0 unspecified atom stereocenters. The normalized spacial score (nSPS) is 12.8. The van der Waals surface area contributed by atoms with Crippen molar-refractivity contribution < 1.29 is 14.7 Å². The van der Waals surface area contributed by atoms with E-state index >= 15 is 0 Å². The summed E-state index contributed by atoms with van der Waals surface area (Å²) in [6.07, 6.45) is 0. The number of nitrogens with zero attached hydrogens (tertiary/aromatic N) is 2. The van der Waals surface area contributed by atoms with Crippen molar-refractivity contribution in [2.24, 2.45) is 0 Å². The van der Waals surface area contributed by atoms with Gasteiger partial charge in [-0.25, -0.2) is 4.79 Å². The van der Waals surface area contributed by atoms with Crippen LogP contribution < -0.4 is 10.6 Å². The summed E-state index contributed by atoms with van der Waals surface area (Å²) < 4.78 is 1.75. The number of aromatic nitrogens is 1. The lowest BCUT2D eigenvalue weighted by Crippen LogP contribution is -2.30. The van der Waals surface area contributed by atoms with Crippen molar-refractivity contribution in [1.29, 1.82) is 0 Å². The van der Waals surface area contributed by atoms with Gasteiger partial charge in [-0.2, -0.15) is 0 Å². The van der Waals surface area contributed by atoms with Crippen LogP contribution in [0.4, 0.5) is 11.4 Å². The number of nitrogen functional groups attached to an aromatic ring is 1. The summed E-state index contributed by atoms with van der Waals surface area (Å²) >= 11 is 0. The lowest BCUT2D eigenvalue weighted by atomic mass is 10.1. The number of carbonyl (C=O) groups is 2. The Morgan fingerprint density at radius 1 is 0.923 bits per heavy atom. The molecule has 1 aliphatic heterocycles. The molecular formula is C20H17N3O3. The molecule has 2 aromatic carbocycles. The summed E-state index contributed by atoms with van der Waals surface area (Å²) in [5.41, 5.74) is 9.53. The standard InChI is InChI=1S/C20H17N3O3/c21-15-7-5-13(6-8-15)19(24)23-12-16-9-10-18(20(25)26)22(16)11-14-3-1-2-4-17(14)23/h1-10H,11-12,21H2,(H,25,26). The fourth-order valence-electron chi connectivity index (χ4n) is 3.31. The van der Waals surface area contributed by atoms with E-state index in [2.05, 4.69) is 0 Å². The van der Waals surface area contributed by atoms with Gasteiger partial charge in [0.1, 0.15) is 5.69 Å². The molecule has 0 bridgehead atoms. The van der Waals surface area contributed by atoms with E-state index in [4.69, 9.17) is 5.73 Å². The van der Waals surface area contributed by atoms with Crippen LogP contribution >= 0.6 is 0 Å². The topological polar surface area (TPSA) is 88.6 Å². The van der Waals surface area contributed by atoms with Crippen LogP contribution in [0.15, 0.2) is 60.7 Å². The fourth-order valence-corrected chi connectivity index (χ4v) is 3.31. The first kappa shape index (κ1) is 16.0. The number of fused-ring (bicyclic) bond motifs is 2. The number of amides is 1. The van der Waals surface area contributed by atoms with E-state index in [0.717, 1.165) is 16.9 Å². The number of para-hydroxylation sites is 1. The highest BCUT2D eigenvalue weighted by Crippen LogP contribution is 2.30. The Labute approximate surface area is 150 Å². The minimum Gasteiger partial charge on any atom is -0.477 e. The van der Waals surface area contributed by atoms with Crippen LogP contribution in [-0.2, 0) is 13.1 Å². The van der Waals surface area contributed by atoms with Gasteiger partial charge in [0.15, 0.2) is 0 Å². The molecule has 4 rings (SSSR count). The fraction of sp³-hybridized carbons (Fsp3) is 0.100. The largest absolute Gasteiger partial charge is 0.477 e. The van der Waals surface area contributed by atoms with E-state index in [-0.39, 0.29) is 11.6 Å². The van der Waals surface area contributed by atoms with Crippen LogP contribution in [0.3, 0.4) is 0 Å². The van der Waals surface area contributed by atoms with E-state index in [1.165, 1.54) is 0 Å². The Morgan fingerprint density at radius 3 is 2.38 bits per heavy atom. The third-order valence-corrected chi connectivity index (χ3v) is 4.62. The van der Waals surface area contributed by atoms with E-state index in [9.17, 15) is 14.7 Å². The molecule has 1 aromatic heterocycles. The Balaban J connectivity index is 1.82. The zero-order valence-electron chi connectivity index (χ0n) is 13.9. The van der Waals surface area contributed by atoms with Gasteiger partial charge in [0.2, 0.25) is 0 Å². The van der Waals surface area contributed by atoms with E-state index in [0.29, 0.717) is 24.3 Å². The number of carboxylic acids is 1. The molecule has 6 nitrogen and oxygen atoms in total. The molecule has 0 saturated heterocycles. The number of nitrogens with two attached hydrogens (primary N) is 1. The Bertz CT molecular complexity index is 1010. The molecule has 0 saturated carbocycles.